The van der Waals surface area contributed by atoms with E-state index in [-0.39, 0.29) is 31.0 Å². The Labute approximate surface area is 167 Å². The van der Waals surface area contributed by atoms with Crippen molar-refractivity contribution in [1.29, 1.82) is 15.8 Å². The fourth-order valence-corrected chi connectivity index (χ4v) is 4.09. The maximum absolute atomic E-state index is 13.5. The summed E-state index contributed by atoms with van der Waals surface area (Å²) in [6.07, 6.45) is 1.17. The summed E-state index contributed by atoms with van der Waals surface area (Å²) >= 11 is 0. The molecule has 0 spiro atoms. The van der Waals surface area contributed by atoms with Crippen molar-refractivity contribution in [3.63, 3.8) is 0 Å². The lowest BCUT2D eigenvalue weighted by atomic mass is 9.58. The lowest BCUT2D eigenvalue weighted by Crippen LogP contribution is -2.49. The Bertz CT molecular complexity index is 1010. The largest absolute Gasteiger partial charge is 0.450 e. The minimum atomic E-state index is -1.83. The van der Waals surface area contributed by atoms with E-state index in [1.165, 1.54) is 29.2 Å². The number of allylic oxidation sites excluding steroid dienone is 2. The molecule has 0 radical (unpaired) electrons. The highest BCUT2D eigenvalue weighted by molar-refractivity contribution is 5.69. The highest BCUT2D eigenvalue weighted by Crippen LogP contribution is 2.54. The minimum absolute atomic E-state index is 0.0833. The number of carbonyl (C=O) groups excluding carboxylic acids is 1. The summed E-state index contributed by atoms with van der Waals surface area (Å²) in [5, 5.41) is 29.6. The smallest absolute Gasteiger partial charge is 0.410 e. The van der Waals surface area contributed by atoms with Crippen LogP contribution in [0.4, 0.5) is 9.18 Å². The first-order valence-corrected chi connectivity index (χ1v) is 9.03. The van der Waals surface area contributed by atoms with Crippen molar-refractivity contribution < 1.29 is 13.9 Å². The number of hydrogen-bond donors (Lipinski definition) is 1. The lowest BCUT2D eigenvalue weighted by molar-refractivity contribution is 0.0999. The maximum Gasteiger partial charge on any atom is 0.410 e. The molecule has 0 bridgehead atoms. The Kier molecular flexibility index (Phi) is 5.26. The van der Waals surface area contributed by atoms with Crippen LogP contribution in [0.5, 0.6) is 0 Å². The maximum atomic E-state index is 13.5. The van der Waals surface area contributed by atoms with Gasteiger partial charge in [-0.2, -0.15) is 15.8 Å². The fraction of sp³-hybridized carbons (Fsp3) is 0.333. The van der Waals surface area contributed by atoms with Crippen LogP contribution in [-0.4, -0.2) is 30.7 Å². The van der Waals surface area contributed by atoms with Gasteiger partial charge in [0, 0.05) is 24.9 Å². The molecule has 1 aromatic rings. The first kappa shape index (κ1) is 19.9. The van der Waals surface area contributed by atoms with E-state index in [1.54, 1.807) is 13.0 Å². The number of nitrogens with two attached hydrogens (primary N) is 1. The number of fused-ring (bicyclic) bond motifs is 1. The Morgan fingerprint density at radius 3 is 2.52 bits per heavy atom. The number of halogens is 1. The van der Waals surface area contributed by atoms with Crippen LogP contribution in [0.25, 0.3) is 0 Å². The molecular formula is C21H18FN5O2. The van der Waals surface area contributed by atoms with E-state index in [9.17, 15) is 25.0 Å². The summed E-state index contributed by atoms with van der Waals surface area (Å²) < 4.78 is 18.6. The van der Waals surface area contributed by atoms with Crippen LogP contribution in [0.1, 0.15) is 18.4 Å². The van der Waals surface area contributed by atoms with Gasteiger partial charge >= 0.3 is 6.09 Å². The number of nitrogens with zero attached hydrogens (tertiary/aromatic N) is 4. The quantitative estimate of drug-likeness (QED) is 0.826. The molecule has 3 rings (SSSR count). The van der Waals surface area contributed by atoms with Crippen LogP contribution in [0.15, 0.2) is 47.2 Å². The number of rotatable bonds is 2. The zero-order valence-corrected chi connectivity index (χ0v) is 15.7. The zero-order valence-electron chi connectivity index (χ0n) is 15.7. The topological polar surface area (TPSA) is 127 Å². The monoisotopic (exact) mass is 391 g/mol. The van der Waals surface area contributed by atoms with Crippen molar-refractivity contribution >= 4 is 6.09 Å². The van der Waals surface area contributed by atoms with Gasteiger partial charge < -0.3 is 15.4 Å². The second kappa shape index (κ2) is 7.66. The van der Waals surface area contributed by atoms with Gasteiger partial charge in [0.2, 0.25) is 0 Å². The van der Waals surface area contributed by atoms with E-state index in [0.717, 1.165) is 0 Å². The Morgan fingerprint density at radius 2 is 1.97 bits per heavy atom. The molecule has 0 aromatic heterocycles. The SMILES string of the molecule is CCOC(=O)N1CC=C2C(C#N)=C(N)C(C#N)(C#N)C(c3ccc(F)cc3)C2C1. The summed E-state index contributed by atoms with van der Waals surface area (Å²) in [4.78, 5) is 13.7. The number of ether oxygens (including phenoxy) is 1. The van der Waals surface area contributed by atoms with Crippen molar-refractivity contribution in [2.45, 2.75) is 12.8 Å². The summed E-state index contributed by atoms with van der Waals surface area (Å²) in [5.41, 5.74) is 5.43. The predicted octanol–water partition coefficient (Wildman–Crippen LogP) is 2.71. The van der Waals surface area contributed by atoms with Gasteiger partial charge in [-0.3, -0.25) is 0 Å². The predicted molar refractivity (Wildman–Crippen MR) is 99.8 cm³/mol. The van der Waals surface area contributed by atoms with Gasteiger partial charge in [-0.1, -0.05) is 18.2 Å². The Morgan fingerprint density at radius 1 is 1.31 bits per heavy atom. The molecule has 2 N–H and O–H groups in total. The van der Waals surface area contributed by atoms with Crippen LogP contribution < -0.4 is 5.73 Å². The van der Waals surface area contributed by atoms with Crippen LogP contribution in [0.2, 0.25) is 0 Å². The van der Waals surface area contributed by atoms with Gasteiger partial charge in [0.15, 0.2) is 5.41 Å². The average molecular weight is 391 g/mol. The molecule has 2 unspecified atom stereocenters. The van der Waals surface area contributed by atoms with Gasteiger partial charge in [-0.05, 0) is 30.2 Å². The van der Waals surface area contributed by atoms with Crippen molar-refractivity contribution in [1.82, 2.24) is 4.90 Å². The van der Waals surface area contributed by atoms with E-state index < -0.39 is 29.2 Å². The van der Waals surface area contributed by atoms with Crippen molar-refractivity contribution in [3.8, 4) is 18.2 Å². The van der Waals surface area contributed by atoms with E-state index in [2.05, 4.69) is 0 Å². The molecule has 1 heterocycles. The molecule has 0 saturated heterocycles. The summed E-state index contributed by atoms with van der Waals surface area (Å²) in [6.45, 7) is 2.24. The van der Waals surface area contributed by atoms with E-state index in [0.29, 0.717) is 11.1 Å². The zero-order chi connectivity index (χ0) is 21.2. The molecule has 2 aliphatic rings. The Balaban J connectivity index is 2.23. The van der Waals surface area contributed by atoms with Crippen molar-refractivity contribution in [3.05, 3.63) is 58.6 Å². The minimum Gasteiger partial charge on any atom is -0.450 e. The van der Waals surface area contributed by atoms with Crippen molar-refractivity contribution in [2.75, 3.05) is 19.7 Å². The molecule has 2 atom stereocenters. The van der Waals surface area contributed by atoms with Crippen LogP contribution >= 0.6 is 0 Å². The van der Waals surface area contributed by atoms with E-state index in [4.69, 9.17) is 10.5 Å². The molecule has 29 heavy (non-hydrogen) atoms. The molecule has 1 aliphatic carbocycles. The van der Waals surface area contributed by atoms with Gasteiger partial charge in [0.05, 0.1) is 30.0 Å². The summed E-state index contributed by atoms with van der Waals surface area (Å²) in [7, 11) is 0. The van der Waals surface area contributed by atoms with Crippen LogP contribution in [0, 0.1) is 51.1 Å². The van der Waals surface area contributed by atoms with Crippen LogP contribution in [-0.2, 0) is 4.74 Å². The van der Waals surface area contributed by atoms with Gasteiger partial charge in [0.1, 0.15) is 11.9 Å². The second-order valence-electron chi connectivity index (χ2n) is 6.83. The first-order valence-electron chi connectivity index (χ1n) is 9.03. The molecule has 8 heteroatoms. The van der Waals surface area contributed by atoms with Crippen LogP contribution in [0.3, 0.4) is 0 Å². The number of amides is 1. The highest BCUT2D eigenvalue weighted by atomic mass is 19.1. The molecule has 1 aromatic carbocycles. The third kappa shape index (κ3) is 3.07. The van der Waals surface area contributed by atoms with E-state index >= 15 is 0 Å². The molecular weight excluding hydrogens is 373 g/mol. The number of nitriles is 3. The third-order valence-corrected chi connectivity index (χ3v) is 5.42. The summed E-state index contributed by atoms with van der Waals surface area (Å²) in [5.74, 6) is -1.81. The van der Waals surface area contributed by atoms with Gasteiger partial charge in [-0.25, -0.2) is 9.18 Å². The number of hydrogen-bond acceptors (Lipinski definition) is 6. The van der Waals surface area contributed by atoms with Gasteiger partial charge in [0.25, 0.3) is 0 Å². The van der Waals surface area contributed by atoms with E-state index in [1.807, 2.05) is 18.2 Å². The fourth-order valence-electron chi connectivity index (χ4n) is 4.09. The standard InChI is InChI=1S/C21H18FN5O2/c1-2-29-20(28)27-8-7-15-16(9-23)19(26)21(11-24,12-25)18(17(15)10-27)13-3-5-14(22)6-4-13/h3-7,17-18H,2,8,10,26H2,1H3. The Hall–Kier alpha value is -3.83. The summed E-state index contributed by atoms with van der Waals surface area (Å²) in [6, 6.07) is 11.5. The lowest BCUT2D eigenvalue weighted by Gasteiger charge is -2.45. The van der Waals surface area contributed by atoms with Crippen molar-refractivity contribution in [2.24, 2.45) is 17.1 Å². The first-order chi connectivity index (χ1) is 13.9. The molecule has 0 saturated carbocycles. The molecule has 1 amide bonds. The molecule has 1 aliphatic heterocycles. The highest BCUT2D eigenvalue weighted by Gasteiger charge is 2.54. The third-order valence-electron chi connectivity index (χ3n) is 5.42. The average Bonchev–Trinajstić information content (AvgIpc) is 2.74. The second-order valence-corrected chi connectivity index (χ2v) is 6.83. The molecule has 0 fully saturated rings. The number of benzene rings is 1. The number of carbonyl (C=O) groups is 1. The molecule has 7 nitrogen and oxygen atoms in total. The molecule has 146 valence electrons. The van der Waals surface area contributed by atoms with Gasteiger partial charge in [-0.15, -0.1) is 0 Å². The normalized spacial score (nSPS) is 22.4.